The van der Waals surface area contributed by atoms with Crippen LogP contribution in [0.4, 0.5) is 0 Å². The Hall–Kier alpha value is -1.20. The van der Waals surface area contributed by atoms with Crippen molar-refractivity contribution in [3.63, 3.8) is 0 Å². The predicted octanol–water partition coefficient (Wildman–Crippen LogP) is 0.327. The number of rotatable bonds is 4. The summed E-state index contributed by atoms with van der Waals surface area (Å²) in [7, 11) is 1.62. The molecule has 5 heteroatoms. The van der Waals surface area contributed by atoms with Gasteiger partial charge >= 0.3 is 0 Å². The van der Waals surface area contributed by atoms with E-state index in [4.69, 9.17) is 4.74 Å². The Kier molecular flexibility index (Phi) is 4.07. The lowest BCUT2D eigenvalue weighted by atomic mass is 10.1. The quantitative estimate of drug-likeness (QED) is 0.768. The van der Waals surface area contributed by atoms with Crippen LogP contribution in [-0.2, 0) is 6.54 Å². The fourth-order valence-electron chi connectivity index (χ4n) is 1.91. The van der Waals surface area contributed by atoms with Crippen LogP contribution >= 0.6 is 0 Å². The third-order valence-electron chi connectivity index (χ3n) is 2.78. The molecule has 2 N–H and O–H groups in total. The molecular formula is C11H18N4O. The molecule has 0 saturated carbocycles. The lowest BCUT2D eigenvalue weighted by molar-refractivity contribution is 0.367. The first kappa shape index (κ1) is 11.3. The SMILES string of the molecule is COc1nccnc1CN[C@@H]1CCCNC1. The molecule has 0 aliphatic carbocycles. The fraction of sp³-hybridized carbons (Fsp3) is 0.636. The number of methoxy groups -OCH3 is 1. The van der Waals surface area contributed by atoms with Crippen molar-refractivity contribution >= 4 is 0 Å². The van der Waals surface area contributed by atoms with Crippen LogP contribution in [0.3, 0.4) is 0 Å². The smallest absolute Gasteiger partial charge is 0.236 e. The minimum Gasteiger partial charge on any atom is -0.480 e. The number of aromatic nitrogens is 2. The molecule has 1 aliphatic heterocycles. The number of nitrogens with one attached hydrogen (secondary N) is 2. The van der Waals surface area contributed by atoms with E-state index in [0.29, 0.717) is 18.5 Å². The number of ether oxygens (including phenoxy) is 1. The molecule has 88 valence electrons. The van der Waals surface area contributed by atoms with E-state index in [1.165, 1.54) is 12.8 Å². The Labute approximate surface area is 95.6 Å². The number of hydrogen-bond donors (Lipinski definition) is 2. The summed E-state index contributed by atoms with van der Waals surface area (Å²) in [5, 5.41) is 6.84. The lowest BCUT2D eigenvalue weighted by Gasteiger charge is -2.23. The molecule has 1 aromatic rings. The molecule has 16 heavy (non-hydrogen) atoms. The molecule has 0 aromatic carbocycles. The second-order valence-corrected chi connectivity index (χ2v) is 3.94. The van der Waals surface area contributed by atoms with Gasteiger partial charge in [-0.15, -0.1) is 0 Å². The highest BCUT2D eigenvalue weighted by atomic mass is 16.5. The van der Waals surface area contributed by atoms with Crippen LogP contribution in [0.15, 0.2) is 12.4 Å². The summed E-state index contributed by atoms with van der Waals surface area (Å²) < 4.78 is 5.16. The predicted molar refractivity (Wildman–Crippen MR) is 61.3 cm³/mol. The third-order valence-corrected chi connectivity index (χ3v) is 2.78. The van der Waals surface area contributed by atoms with Gasteiger partial charge in [0.1, 0.15) is 5.69 Å². The normalized spacial score (nSPS) is 20.7. The first-order valence-corrected chi connectivity index (χ1v) is 5.68. The summed E-state index contributed by atoms with van der Waals surface area (Å²) in [5.41, 5.74) is 0.871. The van der Waals surface area contributed by atoms with E-state index in [-0.39, 0.29) is 0 Å². The van der Waals surface area contributed by atoms with Crippen LogP contribution in [0, 0.1) is 0 Å². The average molecular weight is 222 g/mol. The zero-order chi connectivity index (χ0) is 11.2. The third kappa shape index (κ3) is 2.90. The van der Waals surface area contributed by atoms with E-state index in [0.717, 1.165) is 18.8 Å². The Morgan fingerprint density at radius 2 is 2.38 bits per heavy atom. The molecule has 2 heterocycles. The van der Waals surface area contributed by atoms with Gasteiger partial charge in [0.15, 0.2) is 0 Å². The molecule has 2 rings (SSSR count). The van der Waals surface area contributed by atoms with Crippen LogP contribution in [0.2, 0.25) is 0 Å². The Bertz CT molecular complexity index is 326. The van der Waals surface area contributed by atoms with E-state index >= 15 is 0 Å². The van der Waals surface area contributed by atoms with Gasteiger partial charge in [-0.2, -0.15) is 0 Å². The van der Waals surface area contributed by atoms with E-state index in [1.807, 2.05) is 0 Å². The van der Waals surface area contributed by atoms with Gasteiger partial charge in [0, 0.05) is 31.5 Å². The van der Waals surface area contributed by atoms with Crippen molar-refractivity contribution in [2.75, 3.05) is 20.2 Å². The highest BCUT2D eigenvalue weighted by Crippen LogP contribution is 2.11. The van der Waals surface area contributed by atoms with Crippen molar-refractivity contribution in [3.8, 4) is 5.88 Å². The van der Waals surface area contributed by atoms with Gasteiger partial charge in [0.05, 0.1) is 7.11 Å². The van der Waals surface area contributed by atoms with Crippen LogP contribution in [0.25, 0.3) is 0 Å². The Balaban J connectivity index is 1.88. The molecule has 5 nitrogen and oxygen atoms in total. The van der Waals surface area contributed by atoms with Crippen molar-refractivity contribution in [3.05, 3.63) is 18.1 Å². The highest BCUT2D eigenvalue weighted by Gasteiger charge is 2.13. The second-order valence-electron chi connectivity index (χ2n) is 3.94. The van der Waals surface area contributed by atoms with E-state index in [2.05, 4.69) is 20.6 Å². The van der Waals surface area contributed by atoms with Crippen molar-refractivity contribution in [1.82, 2.24) is 20.6 Å². The van der Waals surface area contributed by atoms with Crippen LogP contribution in [0.1, 0.15) is 18.5 Å². The summed E-state index contributed by atoms with van der Waals surface area (Å²) in [5.74, 6) is 0.610. The van der Waals surface area contributed by atoms with Gasteiger partial charge in [-0.05, 0) is 19.4 Å². The fourth-order valence-corrected chi connectivity index (χ4v) is 1.91. The van der Waals surface area contributed by atoms with Crippen molar-refractivity contribution in [1.29, 1.82) is 0 Å². The summed E-state index contributed by atoms with van der Waals surface area (Å²) in [4.78, 5) is 8.38. The van der Waals surface area contributed by atoms with Gasteiger partial charge < -0.3 is 15.4 Å². The highest BCUT2D eigenvalue weighted by molar-refractivity contribution is 5.16. The molecular weight excluding hydrogens is 204 g/mol. The van der Waals surface area contributed by atoms with Crippen molar-refractivity contribution < 1.29 is 4.74 Å². The minimum absolute atomic E-state index is 0.528. The minimum atomic E-state index is 0.528. The van der Waals surface area contributed by atoms with Gasteiger partial charge in [-0.1, -0.05) is 0 Å². The molecule has 1 aromatic heterocycles. The molecule has 0 spiro atoms. The largest absolute Gasteiger partial charge is 0.480 e. The maximum atomic E-state index is 5.16. The summed E-state index contributed by atoms with van der Waals surface area (Å²) >= 11 is 0. The maximum absolute atomic E-state index is 5.16. The number of nitrogens with zero attached hydrogens (tertiary/aromatic N) is 2. The second kappa shape index (κ2) is 5.77. The molecule has 0 unspecified atom stereocenters. The molecule has 1 fully saturated rings. The molecule has 1 aliphatic rings. The monoisotopic (exact) mass is 222 g/mol. The zero-order valence-corrected chi connectivity index (χ0v) is 9.57. The number of piperidine rings is 1. The van der Waals surface area contributed by atoms with Crippen LogP contribution < -0.4 is 15.4 Å². The van der Waals surface area contributed by atoms with Gasteiger partial charge in [-0.3, -0.25) is 4.98 Å². The van der Waals surface area contributed by atoms with Crippen LogP contribution in [0.5, 0.6) is 5.88 Å². The van der Waals surface area contributed by atoms with Crippen LogP contribution in [-0.4, -0.2) is 36.2 Å². The number of hydrogen-bond acceptors (Lipinski definition) is 5. The van der Waals surface area contributed by atoms with Gasteiger partial charge in [0.25, 0.3) is 0 Å². The summed E-state index contributed by atoms with van der Waals surface area (Å²) in [6.07, 6.45) is 5.79. The van der Waals surface area contributed by atoms with Gasteiger partial charge in [0.2, 0.25) is 5.88 Å². The first-order chi connectivity index (χ1) is 7.90. The van der Waals surface area contributed by atoms with Crippen molar-refractivity contribution in [2.45, 2.75) is 25.4 Å². The van der Waals surface area contributed by atoms with Gasteiger partial charge in [-0.25, -0.2) is 4.98 Å². The molecule has 0 amide bonds. The molecule has 1 saturated heterocycles. The molecule has 0 radical (unpaired) electrons. The standard InChI is InChI=1S/C11H18N4O/c1-16-11-10(13-5-6-14-11)8-15-9-3-2-4-12-7-9/h5-6,9,12,15H,2-4,7-8H2,1H3/t9-/m1/s1. The summed E-state index contributed by atoms with van der Waals surface area (Å²) in [6.45, 7) is 2.87. The summed E-state index contributed by atoms with van der Waals surface area (Å²) in [6, 6.07) is 0.528. The maximum Gasteiger partial charge on any atom is 0.236 e. The Morgan fingerprint density at radius 3 is 3.12 bits per heavy atom. The average Bonchev–Trinajstić information content (AvgIpc) is 2.38. The lowest BCUT2D eigenvalue weighted by Crippen LogP contribution is -2.42. The van der Waals surface area contributed by atoms with Crippen molar-refractivity contribution in [2.24, 2.45) is 0 Å². The van der Waals surface area contributed by atoms with E-state index in [1.54, 1.807) is 19.5 Å². The van der Waals surface area contributed by atoms with E-state index in [9.17, 15) is 0 Å². The van der Waals surface area contributed by atoms with E-state index < -0.39 is 0 Å². The Morgan fingerprint density at radius 1 is 1.50 bits per heavy atom. The molecule has 1 atom stereocenters. The zero-order valence-electron chi connectivity index (χ0n) is 9.57. The molecule has 0 bridgehead atoms. The first-order valence-electron chi connectivity index (χ1n) is 5.68. The topological polar surface area (TPSA) is 59.1 Å².